The van der Waals surface area contributed by atoms with Crippen molar-refractivity contribution < 1.29 is 9.59 Å². The average molecular weight is 582 g/mol. The van der Waals surface area contributed by atoms with Gasteiger partial charge in [0.25, 0.3) is 0 Å². The van der Waals surface area contributed by atoms with Gasteiger partial charge in [0.1, 0.15) is 6.04 Å². The Balaban J connectivity index is 1.86. The molecule has 1 N–H and O–H groups in total. The second kappa shape index (κ2) is 14.4. The topological polar surface area (TPSA) is 49.4 Å². The lowest BCUT2D eigenvalue weighted by Gasteiger charge is -2.32. The second-order valence-electron chi connectivity index (χ2n) is 9.66. The first-order valence-electron chi connectivity index (χ1n) is 12.8. The van der Waals surface area contributed by atoms with Crippen molar-refractivity contribution in [2.75, 3.05) is 5.75 Å². The minimum atomic E-state index is -0.607. The lowest BCUT2D eigenvalue weighted by molar-refractivity contribution is -0.139. The van der Waals surface area contributed by atoms with Crippen LogP contribution in [0, 0.1) is 13.8 Å². The van der Waals surface area contributed by atoms with Gasteiger partial charge < -0.3 is 10.2 Å². The molecule has 0 saturated carbocycles. The number of hydrogen-bond donors (Lipinski definition) is 1. The van der Waals surface area contributed by atoms with Crippen LogP contribution in [0.5, 0.6) is 0 Å². The van der Waals surface area contributed by atoms with Crippen LogP contribution in [0.4, 0.5) is 0 Å². The predicted molar refractivity (Wildman–Crippen MR) is 159 cm³/mol. The van der Waals surface area contributed by atoms with Gasteiger partial charge in [-0.25, -0.2) is 0 Å². The Labute approximate surface area is 234 Å². The molecule has 0 aromatic heterocycles. The largest absolute Gasteiger partial charge is 0.352 e. The molecule has 3 rings (SSSR count). The highest BCUT2D eigenvalue weighted by Gasteiger charge is 2.30. The van der Waals surface area contributed by atoms with Crippen molar-refractivity contribution in [3.05, 3.63) is 105 Å². The molecule has 3 aromatic carbocycles. The van der Waals surface area contributed by atoms with Crippen LogP contribution in [-0.2, 0) is 28.3 Å². The number of hydrogen-bond acceptors (Lipinski definition) is 3. The minimum Gasteiger partial charge on any atom is -0.352 e. The number of nitrogens with one attached hydrogen (secondary N) is 1. The highest BCUT2D eigenvalue weighted by atomic mass is 79.9. The number of aryl methyl sites for hydroxylation is 2. The van der Waals surface area contributed by atoms with Gasteiger partial charge in [0, 0.05) is 29.2 Å². The Bertz CT molecular complexity index is 1160. The van der Waals surface area contributed by atoms with E-state index in [1.807, 2.05) is 68.4 Å². The Morgan fingerprint density at radius 1 is 0.919 bits per heavy atom. The zero-order valence-electron chi connectivity index (χ0n) is 22.2. The number of halogens is 1. The predicted octanol–water partition coefficient (Wildman–Crippen LogP) is 6.85. The van der Waals surface area contributed by atoms with Gasteiger partial charge in [-0.2, -0.15) is 0 Å². The van der Waals surface area contributed by atoms with Gasteiger partial charge in [0.05, 0.1) is 5.75 Å². The van der Waals surface area contributed by atoms with Crippen molar-refractivity contribution in [2.45, 2.75) is 64.9 Å². The molecule has 0 aliphatic heterocycles. The molecule has 2 atom stereocenters. The molecule has 0 saturated heterocycles. The molecule has 196 valence electrons. The van der Waals surface area contributed by atoms with E-state index in [4.69, 9.17) is 0 Å². The monoisotopic (exact) mass is 580 g/mol. The third-order valence-electron chi connectivity index (χ3n) is 6.29. The van der Waals surface area contributed by atoms with Gasteiger partial charge in [-0.15, -0.1) is 11.8 Å². The molecule has 2 amide bonds. The molecule has 0 heterocycles. The molecular formula is C31H37BrN2O2S. The molecule has 0 fully saturated rings. The smallest absolute Gasteiger partial charge is 0.243 e. The standard InChI is InChI=1S/C31H37BrN2O2S/c1-5-24(4)33-31(36)29(18-25-10-7-6-8-11-25)34(19-26-12-9-13-28(32)17-26)30(35)21-37-20-27-15-22(2)14-23(3)16-27/h6-17,24,29H,5,18-21H2,1-4H3,(H,33,36)/t24-,29-/m1/s1. The fourth-order valence-electron chi connectivity index (χ4n) is 4.32. The number of rotatable bonds is 12. The number of nitrogens with zero attached hydrogens (tertiary/aromatic N) is 1. The maximum Gasteiger partial charge on any atom is 0.243 e. The van der Waals surface area contributed by atoms with Crippen LogP contribution in [0.15, 0.2) is 77.3 Å². The van der Waals surface area contributed by atoms with E-state index in [-0.39, 0.29) is 17.9 Å². The summed E-state index contributed by atoms with van der Waals surface area (Å²) < 4.78 is 0.949. The van der Waals surface area contributed by atoms with Crippen LogP contribution < -0.4 is 5.32 Å². The first kappa shape index (κ1) is 29.0. The van der Waals surface area contributed by atoms with Crippen molar-refractivity contribution in [1.82, 2.24) is 10.2 Å². The molecule has 4 nitrogen and oxygen atoms in total. The van der Waals surface area contributed by atoms with Crippen molar-refractivity contribution in [3.8, 4) is 0 Å². The van der Waals surface area contributed by atoms with Crippen LogP contribution in [0.3, 0.4) is 0 Å². The SMILES string of the molecule is CC[C@@H](C)NC(=O)[C@@H](Cc1ccccc1)N(Cc1cccc(Br)c1)C(=O)CSCc1cc(C)cc(C)c1. The Morgan fingerprint density at radius 3 is 2.24 bits per heavy atom. The molecule has 0 bridgehead atoms. The summed E-state index contributed by atoms with van der Waals surface area (Å²) in [5.41, 5.74) is 5.67. The number of thioether (sulfide) groups is 1. The summed E-state index contributed by atoms with van der Waals surface area (Å²) in [7, 11) is 0. The van der Waals surface area contributed by atoms with E-state index in [1.54, 1.807) is 16.7 Å². The lowest BCUT2D eigenvalue weighted by Crippen LogP contribution is -2.52. The summed E-state index contributed by atoms with van der Waals surface area (Å²) >= 11 is 5.14. The van der Waals surface area contributed by atoms with Crippen LogP contribution in [0.25, 0.3) is 0 Å². The number of carbonyl (C=O) groups is 2. The molecule has 0 aliphatic carbocycles. The summed E-state index contributed by atoms with van der Waals surface area (Å²) in [6.45, 7) is 8.60. The van der Waals surface area contributed by atoms with E-state index in [2.05, 4.69) is 53.3 Å². The molecule has 0 radical (unpaired) electrons. The highest BCUT2D eigenvalue weighted by Crippen LogP contribution is 2.21. The van der Waals surface area contributed by atoms with Gasteiger partial charge in [-0.1, -0.05) is 94.6 Å². The molecule has 37 heavy (non-hydrogen) atoms. The van der Waals surface area contributed by atoms with Crippen LogP contribution in [0.1, 0.15) is 48.1 Å². The summed E-state index contributed by atoms with van der Waals surface area (Å²) in [5, 5.41) is 3.13. The van der Waals surface area contributed by atoms with E-state index >= 15 is 0 Å². The first-order chi connectivity index (χ1) is 17.7. The lowest BCUT2D eigenvalue weighted by atomic mass is 10.0. The number of amides is 2. The second-order valence-corrected chi connectivity index (χ2v) is 11.6. The van der Waals surface area contributed by atoms with Crippen molar-refractivity contribution >= 4 is 39.5 Å². The maximum absolute atomic E-state index is 13.8. The number of carbonyl (C=O) groups excluding carboxylic acids is 2. The van der Waals surface area contributed by atoms with E-state index in [9.17, 15) is 9.59 Å². The van der Waals surface area contributed by atoms with Crippen LogP contribution >= 0.6 is 27.7 Å². The molecule has 3 aromatic rings. The van der Waals surface area contributed by atoms with E-state index in [0.717, 1.165) is 27.8 Å². The van der Waals surface area contributed by atoms with Crippen molar-refractivity contribution in [2.24, 2.45) is 0 Å². The van der Waals surface area contributed by atoms with Crippen molar-refractivity contribution in [3.63, 3.8) is 0 Å². The number of benzene rings is 3. The Hall–Kier alpha value is -2.57. The maximum atomic E-state index is 13.8. The zero-order valence-corrected chi connectivity index (χ0v) is 24.6. The van der Waals surface area contributed by atoms with E-state index in [0.29, 0.717) is 18.7 Å². The molecular weight excluding hydrogens is 544 g/mol. The quantitative estimate of drug-likeness (QED) is 0.255. The average Bonchev–Trinajstić information content (AvgIpc) is 2.86. The van der Waals surface area contributed by atoms with E-state index < -0.39 is 6.04 Å². The van der Waals surface area contributed by atoms with Gasteiger partial charge in [0.15, 0.2) is 0 Å². The fraction of sp³-hybridized carbons (Fsp3) is 0.355. The highest BCUT2D eigenvalue weighted by molar-refractivity contribution is 9.10. The zero-order chi connectivity index (χ0) is 26.8. The fourth-order valence-corrected chi connectivity index (χ4v) is 5.61. The molecule has 0 unspecified atom stereocenters. The van der Waals surface area contributed by atoms with Gasteiger partial charge in [-0.05, 0) is 56.0 Å². The minimum absolute atomic E-state index is 0.0328. The normalized spacial score (nSPS) is 12.6. The molecule has 6 heteroatoms. The van der Waals surface area contributed by atoms with Gasteiger partial charge in [0.2, 0.25) is 11.8 Å². The summed E-state index contributed by atoms with van der Waals surface area (Å²) in [5.74, 6) is 0.917. The van der Waals surface area contributed by atoms with Crippen molar-refractivity contribution in [1.29, 1.82) is 0 Å². The first-order valence-corrected chi connectivity index (χ1v) is 14.7. The Kier molecular flexibility index (Phi) is 11.3. The molecule has 0 aliphatic rings. The Morgan fingerprint density at radius 2 is 1.59 bits per heavy atom. The van der Waals surface area contributed by atoms with Gasteiger partial charge >= 0.3 is 0 Å². The van der Waals surface area contributed by atoms with Crippen LogP contribution in [-0.4, -0.2) is 34.6 Å². The molecule has 0 spiro atoms. The summed E-state index contributed by atoms with van der Waals surface area (Å²) in [4.78, 5) is 29.1. The van der Waals surface area contributed by atoms with E-state index in [1.165, 1.54) is 16.7 Å². The third-order valence-corrected chi connectivity index (χ3v) is 7.77. The van der Waals surface area contributed by atoms with Gasteiger partial charge in [-0.3, -0.25) is 9.59 Å². The summed E-state index contributed by atoms with van der Waals surface area (Å²) in [6.07, 6.45) is 1.29. The third kappa shape index (κ3) is 9.35. The van der Waals surface area contributed by atoms with Crippen LogP contribution in [0.2, 0.25) is 0 Å². The summed E-state index contributed by atoms with van der Waals surface area (Å²) in [6, 6.07) is 23.8.